The number of carbonyl (C=O) groups is 1. The van der Waals surface area contributed by atoms with Crippen molar-refractivity contribution in [3.8, 4) is 5.75 Å². The number of amides is 1. The van der Waals surface area contributed by atoms with Gasteiger partial charge < -0.3 is 15.8 Å². The average molecular weight is 435 g/mol. The monoisotopic (exact) mass is 432 g/mol. The van der Waals surface area contributed by atoms with E-state index >= 15 is 0 Å². The normalized spacial score (nSPS) is 10.3. The van der Waals surface area contributed by atoms with Crippen molar-refractivity contribution in [2.75, 3.05) is 18.2 Å². The molecule has 4 nitrogen and oxygen atoms in total. The van der Waals surface area contributed by atoms with E-state index in [2.05, 4.69) is 37.2 Å². The van der Waals surface area contributed by atoms with Crippen LogP contribution in [0.5, 0.6) is 5.75 Å². The summed E-state index contributed by atoms with van der Waals surface area (Å²) in [6, 6.07) is 8.35. The number of nitrogens with two attached hydrogens (primary N) is 1. The number of nitrogen functional groups attached to an aromatic ring is 1. The number of anilines is 2. The lowest BCUT2D eigenvalue weighted by molar-refractivity contribution is 0.102. The summed E-state index contributed by atoms with van der Waals surface area (Å²) in [6.45, 7) is 0. The van der Waals surface area contributed by atoms with E-state index in [0.29, 0.717) is 32.2 Å². The highest BCUT2D eigenvalue weighted by molar-refractivity contribution is 9.11. The molecule has 0 atom stereocenters. The molecule has 7 heteroatoms. The molecule has 0 fully saturated rings. The Morgan fingerprint density at radius 2 is 2.00 bits per heavy atom. The average Bonchev–Trinajstić information content (AvgIpc) is 2.41. The third kappa shape index (κ3) is 3.70. The van der Waals surface area contributed by atoms with Crippen molar-refractivity contribution in [2.24, 2.45) is 0 Å². The molecule has 0 aliphatic heterocycles. The van der Waals surface area contributed by atoms with Crippen molar-refractivity contribution in [3.05, 3.63) is 49.9 Å². The Hall–Kier alpha value is -1.24. The van der Waals surface area contributed by atoms with Gasteiger partial charge in [-0.3, -0.25) is 4.79 Å². The first-order valence-electron chi connectivity index (χ1n) is 5.81. The van der Waals surface area contributed by atoms with Crippen molar-refractivity contribution in [2.45, 2.75) is 0 Å². The van der Waals surface area contributed by atoms with E-state index in [9.17, 15) is 4.79 Å². The highest BCUT2D eigenvalue weighted by Crippen LogP contribution is 2.33. The van der Waals surface area contributed by atoms with Gasteiger partial charge in [-0.25, -0.2) is 0 Å². The molecule has 0 heterocycles. The Balaban J connectivity index is 2.36. The number of halogens is 3. The number of hydrogen-bond acceptors (Lipinski definition) is 3. The summed E-state index contributed by atoms with van der Waals surface area (Å²) in [6.07, 6.45) is 0. The van der Waals surface area contributed by atoms with Crippen molar-refractivity contribution in [1.29, 1.82) is 0 Å². The highest BCUT2D eigenvalue weighted by atomic mass is 79.9. The summed E-state index contributed by atoms with van der Waals surface area (Å²) >= 11 is 12.5. The Kier molecular flexibility index (Phi) is 5.13. The van der Waals surface area contributed by atoms with Crippen molar-refractivity contribution >= 4 is 60.7 Å². The van der Waals surface area contributed by atoms with E-state index in [4.69, 9.17) is 22.1 Å². The fourth-order valence-electron chi connectivity index (χ4n) is 1.77. The maximum atomic E-state index is 12.4. The van der Waals surface area contributed by atoms with Crippen molar-refractivity contribution in [3.63, 3.8) is 0 Å². The standard InChI is InChI=1S/C14H11Br2ClN2O2/c1-21-13-9(4-7(15)5-10(13)16)14(20)19-12-3-2-8(17)6-11(12)18/h2-6H,18H2,1H3,(H,19,20). The highest BCUT2D eigenvalue weighted by Gasteiger charge is 2.17. The molecule has 0 unspecified atom stereocenters. The van der Waals surface area contributed by atoms with Gasteiger partial charge in [-0.1, -0.05) is 27.5 Å². The van der Waals surface area contributed by atoms with Gasteiger partial charge in [-0.2, -0.15) is 0 Å². The smallest absolute Gasteiger partial charge is 0.259 e. The van der Waals surface area contributed by atoms with Gasteiger partial charge in [0.05, 0.1) is 28.5 Å². The fraction of sp³-hybridized carbons (Fsp3) is 0.0714. The van der Waals surface area contributed by atoms with Crippen LogP contribution in [0.2, 0.25) is 5.02 Å². The zero-order valence-electron chi connectivity index (χ0n) is 10.9. The first kappa shape index (κ1) is 16.1. The van der Waals surface area contributed by atoms with Crippen LogP contribution in [-0.4, -0.2) is 13.0 Å². The third-order valence-corrected chi connectivity index (χ3v) is 4.00. The SMILES string of the molecule is COc1c(Br)cc(Br)cc1C(=O)Nc1ccc(Cl)cc1N. The topological polar surface area (TPSA) is 64.3 Å². The van der Waals surface area contributed by atoms with Crippen LogP contribution in [0.4, 0.5) is 11.4 Å². The summed E-state index contributed by atoms with van der Waals surface area (Å²) in [7, 11) is 1.50. The Morgan fingerprint density at radius 3 is 2.62 bits per heavy atom. The maximum absolute atomic E-state index is 12.4. The maximum Gasteiger partial charge on any atom is 0.259 e. The number of methoxy groups -OCH3 is 1. The van der Waals surface area contributed by atoms with E-state index in [1.807, 2.05) is 0 Å². The van der Waals surface area contributed by atoms with Gasteiger partial charge >= 0.3 is 0 Å². The van der Waals surface area contributed by atoms with E-state index in [-0.39, 0.29) is 5.91 Å². The number of nitrogens with one attached hydrogen (secondary N) is 1. The van der Waals surface area contributed by atoms with Gasteiger partial charge in [0.15, 0.2) is 0 Å². The quantitative estimate of drug-likeness (QED) is 0.688. The fourth-order valence-corrected chi connectivity index (χ4v) is 3.34. The third-order valence-electron chi connectivity index (χ3n) is 2.72. The molecule has 21 heavy (non-hydrogen) atoms. The van der Waals surface area contributed by atoms with E-state index in [0.717, 1.165) is 4.47 Å². The lowest BCUT2D eigenvalue weighted by Crippen LogP contribution is -2.14. The molecule has 0 aliphatic rings. The number of benzene rings is 2. The van der Waals surface area contributed by atoms with Gasteiger partial charge in [0, 0.05) is 9.50 Å². The van der Waals surface area contributed by atoms with Crippen LogP contribution >= 0.6 is 43.5 Å². The molecule has 2 aromatic carbocycles. The largest absolute Gasteiger partial charge is 0.495 e. The summed E-state index contributed by atoms with van der Waals surface area (Å²) in [5, 5.41) is 3.25. The van der Waals surface area contributed by atoms with E-state index < -0.39 is 0 Å². The molecule has 2 aromatic rings. The van der Waals surface area contributed by atoms with Gasteiger partial charge in [-0.15, -0.1) is 0 Å². The Morgan fingerprint density at radius 1 is 1.29 bits per heavy atom. The van der Waals surface area contributed by atoms with Crippen LogP contribution < -0.4 is 15.8 Å². The zero-order valence-corrected chi connectivity index (χ0v) is 14.8. The molecule has 0 aromatic heterocycles. The van der Waals surface area contributed by atoms with Gasteiger partial charge in [0.1, 0.15) is 5.75 Å². The van der Waals surface area contributed by atoms with Gasteiger partial charge in [0.25, 0.3) is 5.91 Å². The minimum atomic E-state index is -0.331. The summed E-state index contributed by atoms with van der Waals surface area (Å²) in [5.74, 6) is 0.117. The molecule has 0 spiro atoms. The lowest BCUT2D eigenvalue weighted by atomic mass is 10.1. The first-order chi connectivity index (χ1) is 9.92. The van der Waals surface area contributed by atoms with Crippen LogP contribution in [0.15, 0.2) is 39.3 Å². The Bertz CT molecular complexity index is 708. The molecule has 3 N–H and O–H groups in total. The van der Waals surface area contributed by atoms with Crippen LogP contribution in [0.1, 0.15) is 10.4 Å². The van der Waals surface area contributed by atoms with E-state index in [1.165, 1.54) is 7.11 Å². The number of hydrogen-bond donors (Lipinski definition) is 2. The van der Waals surface area contributed by atoms with Crippen molar-refractivity contribution in [1.82, 2.24) is 0 Å². The predicted molar refractivity (Wildman–Crippen MR) is 92.2 cm³/mol. The lowest BCUT2D eigenvalue weighted by Gasteiger charge is -2.13. The van der Waals surface area contributed by atoms with Gasteiger partial charge in [-0.05, 0) is 46.3 Å². The minimum Gasteiger partial charge on any atom is -0.495 e. The molecule has 0 saturated heterocycles. The molecule has 0 radical (unpaired) electrons. The minimum absolute atomic E-state index is 0.331. The van der Waals surface area contributed by atoms with Crippen LogP contribution in [-0.2, 0) is 0 Å². The number of ether oxygens (including phenoxy) is 1. The van der Waals surface area contributed by atoms with Crippen molar-refractivity contribution < 1.29 is 9.53 Å². The molecule has 0 saturated carbocycles. The summed E-state index contributed by atoms with van der Waals surface area (Å²) in [5.41, 5.74) is 7.09. The number of rotatable bonds is 3. The zero-order chi connectivity index (χ0) is 15.6. The summed E-state index contributed by atoms with van der Waals surface area (Å²) < 4.78 is 6.69. The van der Waals surface area contributed by atoms with Gasteiger partial charge in [0.2, 0.25) is 0 Å². The predicted octanol–water partition coefficient (Wildman–Crippen LogP) is 4.71. The second-order valence-electron chi connectivity index (χ2n) is 4.15. The Labute approximate surface area is 143 Å². The first-order valence-corrected chi connectivity index (χ1v) is 7.78. The van der Waals surface area contributed by atoms with E-state index in [1.54, 1.807) is 30.3 Å². The number of carbonyl (C=O) groups excluding carboxylic acids is 1. The molecule has 2 rings (SSSR count). The molecule has 0 aliphatic carbocycles. The molecule has 110 valence electrons. The molecule has 1 amide bonds. The van der Waals surface area contributed by atoms with Crippen LogP contribution in [0.25, 0.3) is 0 Å². The molecule has 0 bridgehead atoms. The second-order valence-corrected chi connectivity index (χ2v) is 6.36. The molecular formula is C14H11Br2ClN2O2. The van der Waals surface area contributed by atoms with Crippen LogP contribution in [0, 0.1) is 0 Å². The summed E-state index contributed by atoms with van der Waals surface area (Å²) in [4.78, 5) is 12.4. The van der Waals surface area contributed by atoms with Crippen LogP contribution in [0.3, 0.4) is 0 Å². The second kappa shape index (κ2) is 6.68. The molecular weight excluding hydrogens is 423 g/mol.